The summed E-state index contributed by atoms with van der Waals surface area (Å²) in [4.78, 5) is 22.7. The number of nitrogens with two attached hydrogens (primary N) is 1. The van der Waals surface area contributed by atoms with Crippen LogP contribution in [0.4, 0.5) is 4.39 Å². The molecule has 1 heterocycles. The lowest BCUT2D eigenvalue weighted by molar-refractivity contribution is -0.128. The standard InChI is InChI=1S/C15H19FN2O3/c16-11-4-1-10(2-5-11)3-8-14(19)18-9-12-6-7-13(21-12)15(17)20/h1-2,4-5,12-13H,3,6-9H2,(H2,17,20)(H,18,19)/t12-,13-/m0/s1. The smallest absolute Gasteiger partial charge is 0.246 e. The van der Waals surface area contributed by atoms with Crippen LogP contribution in [0.15, 0.2) is 24.3 Å². The molecule has 1 aliphatic heterocycles. The molecule has 0 radical (unpaired) electrons. The first-order valence-electron chi connectivity index (χ1n) is 7.00. The van der Waals surface area contributed by atoms with Crippen molar-refractivity contribution in [1.29, 1.82) is 0 Å². The van der Waals surface area contributed by atoms with Crippen LogP contribution in [0, 0.1) is 5.82 Å². The largest absolute Gasteiger partial charge is 0.367 e. The van der Waals surface area contributed by atoms with Crippen molar-refractivity contribution in [3.63, 3.8) is 0 Å². The number of hydrogen-bond acceptors (Lipinski definition) is 3. The highest BCUT2D eigenvalue weighted by Gasteiger charge is 2.29. The summed E-state index contributed by atoms with van der Waals surface area (Å²) < 4.78 is 18.2. The molecule has 21 heavy (non-hydrogen) atoms. The van der Waals surface area contributed by atoms with Crippen molar-refractivity contribution in [3.05, 3.63) is 35.6 Å². The highest BCUT2D eigenvalue weighted by molar-refractivity contribution is 5.79. The van der Waals surface area contributed by atoms with E-state index >= 15 is 0 Å². The summed E-state index contributed by atoms with van der Waals surface area (Å²) in [6.07, 6.45) is 1.51. The number of carbonyl (C=O) groups excluding carboxylic acids is 2. The quantitative estimate of drug-likeness (QED) is 0.818. The zero-order valence-corrected chi connectivity index (χ0v) is 11.7. The molecule has 1 aliphatic rings. The molecule has 1 aromatic carbocycles. The van der Waals surface area contributed by atoms with Crippen molar-refractivity contribution in [2.75, 3.05) is 6.54 Å². The van der Waals surface area contributed by atoms with Gasteiger partial charge < -0.3 is 15.8 Å². The molecule has 3 N–H and O–H groups in total. The average molecular weight is 294 g/mol. The number of primary amides is 1. The number of rotatable bonds is 6. The Kier molecular flexibility index (Phi) is 5.27. The molecule has 0 saturated carbocycles. The van der Waals surface area contributed by atoms with Crippen LogP contribution in [0.2, 0.25) is 0 Å². The zero-order valence-electron chi connectivity index (χ0n) is 11.7. The topological polar surface area (TPSA) is 81.4 Å². The summed E-state index contributed by atoms with van der Waals surface area (Å²) in [5.74, 6) is -0.837. The van der Waals surface area contributed by atoms with Crippen LogP contribution in [-0.2, 0) is 20.7 Å². The van der Waals surface area contributed by atoms with E-state index in [1.807, 2.05) is 0 Å². The van der Waals surface area contributed by atoms with Crippen molar-refractivity contribution in [1.82, 2.24) is 5.32 Å². The van der Waals surface area contributed by atoms with Gasteiger partial charge in [0.25, 0.3) is 0 Å². The van der Waals surface area contributed by atoms with E-state index in [0.29, 0.717) is 32.2 Å². The molecule has 1 fully saturated rings. The lowest BCUT2D eigenvalue weighted by atomic mass is 10.1. The van der Waals surface area contributed by atoms with Crippen LogP contribution in [0.3, 0.4) is 0 Å². The third-order valence-electron chi connectivity index (χ3n) is 3.51. The Hall–Kier alpha value is -1.95. The Morgan fingerprint density at radius 3 is 2.62 bits per heavy atom. The van der Waals surface area contributed by atoms with E-state index in [0.717, 1.165) is 5.56 Å². The van der Waals surface area contributed by atoms with Crippen molar-refractivity contribution in [2.24, 2.45) is 5.73 Å². The number of nitrogens with one attached hydrogen (secondary N) is 1. The van der Waals surface area contributed by atoms with E-state index in [2.05, 4.69) is 5.32 Å². The van der Waals surface area contributed by atoms with E-state index in [4.69, 9.17) is 10.5 Å². The molecule has 1 aromatic rings. The molecule has 2 amide bonds. The third kappa shape index (κ3) is 4.82. The summed E-state index contributed by atoms with van der Waals surface area (Å²) in [5, 5.41) is 2.78. The summed E-state index contributed by atoms with van der Waals surface area (Å²) in [6.45, 7) is 0.381. The molecule has 2 rings (SSSR count). The molecule has 2 atom stereocenters. The number of amides is 2. The number of hydrogen-bond donors (Lipinski definition) is 2. The number of ether oxygens (including phenoxy) is 1. The lowest BCUT2D eigenvalue weighted by Crippen LogP contribution is -2.34. The van der Waals surface area contributed by atoms with Crippen LogP contribution in [0.1, 0.15) is 24.8 Å². The second-order valence-corrected chi connectivity index (χ2v) is 5.16. The molecule has 0 bridgehead atoms. The van der Waals surface area contributed by atoms with Gasteiger partial charge in [-0.2, -0.15) is 0 Å². The van der Waals surface area contributed by atoms with Crippen LogP contribution in [-0.4, -0.2) is 30.6 Å². The van der Waals surface area contributed by atoms with Gasteiger partial charge in [0.2, 0.25) is 11.8 Å². The predicted octanol–water partition coefficient (Wildman–Crippen LogP) is 0.907. The SMILES string of the molecule is NC(=O)[C@@H]1CC[C@@H](CNC(=O)CCc2ccc(F)cc2)O1. The van der Waals surface area contributed by atoms with Gasteiger partial charge in [0.1, 0.15) is 11.9 Å². The molecule has 0 aromatic heterocycles. The van der Waals surface area contributed by atoms with Crippen molar-refractivity contribution >= 4 is 11.8 Å². The normalized spacial score (nSPS) is 21.2. The molecule has 0 spiro atoms. The van der Waals surface area contributed by atoms with Gasteiger partial charge in [-0.1, -0.05) is 12.1 Å². The minimum absolute atomic E-state index is 0.0922. The fourth-order valence-corrected chi connectivity index (χ4v) is 2.29. The van der Waals surface area contributed by atoms with Crippen LogP contribution in [0.5, 0.6) is 0 Å². The Bertz CT molecular complexity index is 504. The van der Waals surface area contributed by atoms with E-state index in [9.17, 15) is 14.0 Å². The van der Waals surface area contributed by atoms with E-state index in [1.165, 1.54) is 12.1 Å². The maximum Gasteiger partial charge on any atom is 0.246 e. The van der Waals surface area contributed by atoms with Gasteiger partial charge in [-0.25, -0.2) is 4.39 Å². The van der Waals surface area contributed by atoms with Crippen LogP contribution >= 0.6 is 0 Å². The van der Waals surface area contributed by atoms with Gasteiger partial charge in [-0.05, 0) is 37.0 Å². The van der Waals surface area contributed by atoms with Crippen LogP contribution < -0.4 is 11.1 Å². The van der Waals surface area contributed by atoms with E-state index in [1.54, 1.807) is 12.1 Å². The molecular formula is C15H19FN2O3. The maximum absolute atomic E-state index is 12.7. The second kappa shape index (κ2) is 7.17. The lowest BCUT2D eigenvalue weighted by Gasteiger charge is -2.12. The first-order chi connectivity index (χ1) is 10.0. The highest BCUT2D eigenvalue weighted by atomic mass is 19.1. The van der Waals surface area contributed by atoms with Crippen molar-refractivity contribution in [2.45, 2.75) is 37.9 Å². The number of benzene rings is 1. The minimum atomic E-state index is -0.536. The number of aryl methyl sites for hydroxylation is 1. The van der Waals surface area contributed by atoms with Crippen molar-refractivity contribution < 1.29 is 18.7 Å². The number of halogens is 1. The Morgan fingerprint density at radius 1 is 1.29 bits per heavy atom. The van der Waals surface area contributed by atoms with Crippen LogP contribution in [0.25, 0.3) is 0 Å². The molecule has 6 heteroatoms. The monoisotopic (exact) mass is 294 g/mol. The van der Waals surface area contributed by atoms with Gasteiger partial charge in [-0.3, -0.25) is 9.59 Å². The molecule has 1 saturated heterocycles. The fraction of sp³-hybridized carbons (Fsp3) is 0.467. The predicted molar refractivity (Wildman–Crippen MR) is 74.8 cm³/mol. The summed E-state index contributed by atoms with van der Waals surface area (Å²) in [6, 6.07) is 6.09. The molecule has 114 valence electrons. The third-order valence-corrected chi connectivity index (χ3v) is 3.51. The molecular weight excluding hydrogens is 275 g/mol. The molecule has 5 nitrogen and oxygen atoms in total. The van der Waals surface area contributed by atoms with Gasteiger partial charge in [0.15, 0.2) is 0 Å². The van der Waals surface area contributed by atoms with Gasteiger partial charge in [-0.15, -0.1) is 0 Å². The van der Waals surface area contributed by atoms with Crippen molar-refractivity contribution in [3.8, 4) is 0 Å². The first kappa shape index (κ1) is 15.4. The number of carbonyl (C=O) groups is 2. The summed E-state index contributed by atoms with van der Waals surface area (Å²) in [7, 11) is 0. The Morgan fingerprint density at radius 2 is 2.00 bits per heavy atom. The molecule has 0 unspecified atom stereocenters. The van der Waals surface area contributed by atoms with Gasteiger partial charge in [0, 0.05) is 13.0 Å². The Labute approximate surface area is 122 Å². The highest BCUT2D eigenvalue weighted by Crippen LogP contribution is 2.18. The zero-order chi connectivity index (χ0) is 15.2. The average Bonchev–Trinajstić information content (AvgIpc) is 2.93. The summed E-state index contributed by atoms with van der Waals surface area (Å²) >= 11 is 0. The van der Waals surface area contributed by atoms with E-state index in [-0.39, 0.29) is 17.8 Å². The maximum atomic E-state index is 12.7. The molecule has 0 aliphatic carbocycles. The summed E-state index contributed by atoms with van der Waals surface area (Å²) in [5.41, 5.74) is 6.07. The minimum Gasteiger partial charge on any atom is -0.367 e. The van der Waals surface area contributed by atoms with Gasteiger partial charge in [0.05, 0.1) is 6.10 Å². The Balaban J connectivity index is 1.66. The fourth-order valence-electron chi connectivity index (χ4n) is 2.29. The second-order valence-electron chi connectivity index (χ2n) is 5.16. The van der Waals surface area contributed by atoms with E-state index < -0.39 is 12.0 Å². The van der Waals surface area contributed by atoms with Gasteiger partial charge >= 0.3 is 0 Å². The first-order valence-corrected chi connectivity index (χ1v) is 7.00.